The minimum Gasteiger partial charge on any atom is -0.493 e. The average Bonchev–Trinajstić information content (AvgIpc) is 2.98. The normalized spacial score (nSPS) is 15.2. The molecule has 7 heteroatoms. The summed E-state index contributed by atoms with van der Waals surface area (Å²) in [5.41, 5.74) is 0.293. The van der Waals surface area contributed by atoms with Crippen LogP contribution in [0.5, 0.6) is 5.75 Å². The minimum absolute atomic E-state index is 0.276. The molecule has 1 aromatic rings. The van der Waals surface area contributed by atoms with Crippen molar-refractivity contribution in [2.75, 3.05) is 19.7 Å². The Morgan fingerprint density at radius 1 is 1.29 bits per heavy atom. The predicted molar refractivity (Wildman–Crippen MR) is 86.8 cm³/mol. The van der Waals surface area contributed by atoms with Crippen molar-refractivity contribution in [2.45, 2.75) is 26.9 Å². The molecule has 2 rings (SSSR count). The van der Waals surface area contributed by atoms with Crippen LogP contribution in [0.15, 0.2) is 24.3 Å². The van der Waals surface area contributed by atoms with E-state index in [2.05, 4.69) is 5.32 Å². The number of ether oxygens (including phenoxy) is 2. The maximum absolute atomic E-state index is 12.2. The van der Waals surface area contributed by atoms with Gasteiger partial charge in [0.15, 0.2) is 6.10 Å². The molecule has 0 aliphatic carbocycles. The van der Waals surface area contributed by atoms with Gasteiger partial charge in [0.05, 0.1) is 12.2 Å². The van der Waals surface area contributed by atoms with Gasteiger partial charge in [0, 0.05) is 13.1 Å². The summed E-state index contributed by atoms with van der Waals surface area (Å²) in [4.78, 5) is 36.9. The lowest BCUT2D eigenvalue weighted by Gasteiger charge is -2.18. The van der Waals surface area contributed by atoms with Crippen LogP contribution >= 0.6 is 0 Å². The highest BCUT2D eigenvalue weighted by Crippen LogP contribution is 2.16. The van der Waals surface area contributed by atoms with Gasteiger partial charge in [-0.2, -0.15) is 0 Å². The molecule has 0 bridgehead atoms. The number of carbonyl (C=O) groups is 3. The van der Waals surface area contributed by atoms with Crippen LogP contribution in [0.4, 0.5) is 4.79 Å². The van der Waals surface area contributed by atoms with Crippen LogP contribution < -0.4 is 10.1 Å². The van der Waals surface area contributed by atoms with Crippen molar-refractivity contribution in [3.8, 4) is 5.75 Å². The number of amides is 3. The molecule has 1 N–H and O–H groups in total. The molecule has 0 aromatic heterocycles. The van der Waals surface area contributed by atoms with Crippen molar-refractivity contribution in [3.63, 3.8) is 0 Å². The third kappa shape index (κ3) is 4.47. The number of benzene rings is 1. The first-order valence-electron chi connectivity index (χ1n) is 7.91. The van der Waals surface area contributed by atoms with Gasteiger partial charge in [-0.15, -0.1) is 0 Å². The lowest BCUT2D eigenvalue weighted by atomic mass is 10.2. The number of esters is 1. The topological polar surface area (TPSA) is 84.9 Å². The molecule has 1 saturated heterocycles. The Hall–Kier alpha value is -2.57. The van der Waals surface area contributed by atoms with E-state index in [0.717, 1.165) is 4.90 Å². The molecule has 1 atom stereocenters. The number of nitrogens with zero attached hydrogens (tertiary/aromatic N) is 1. The molecule has 0 unspecified atom stereocenters. The van der Waals surface area contributed by atoms with Crippen LogP contribution in [0.3, 0.4) is 0 Å². The van der Waals surface area contributed by atoms with Crippen molar-refractivity contribution in [2.24, 2.45) is 5.92 Å². The van der Waals surface area contributed by atoms with Crippen molar-refractivity contribution < 1.29 is 23.9 Å². The SMILES string of the molecule is CC(C)COc1cccc(C(=O)O[C@@H](C)C(=O)N2CCNC2=O)c1. The molecule has 1 aliphatic rings. The van der Waals surface area contributed by atoms with E-state index in [-0.39, 0.29) is 6.54 Å². The van der Waals surface area contributed by atoms with E-state index in [1.807, 2.05) is 13.8 Å². The molecule has 7 nitrogen and oxygen atoms in total. The van der Waals surface area contributed by atoms with Gasteiger partial charge >= 0.3 is 12.0 Å². The number of hydrogen-bond acceptors (Lipinski definition) is 5. The molecule has 1 fully saturated rings. The van der Waals surface area contributed by atoms with E-state index in [0.29, 0.717) is 30.4 Å². The highest BCUT2D eigenvalue weighted by Gasteiger charge is 2.31. The first-order valence-corrected chi connectivity index (χ1v) is 7.91. The van der Waals surface area contributed by atoms with E-state index in [9.17, 15) is 14.4 Å². The molecule has 0 saturated carbocycles. The van der Waals surface area contributed by atoms with E-state index in [1.54, 1.807) is 24.3 Å². The lowest BCUT2D eigenvalue weighted by Crippen LogP contribution is -2.41. The lowest BCUT2D eigenvalue weighted by molar-refractivity contribution is -0.136. The number of carbonyl (C=O) groups excluding carboxylic acids is 3. The van der Waals surface area contributed by atoms with Crippen LogP contribution in [-0.2, 0) is 9.53 Å². The Morgan fingerprint density at radius 2 is 2.04 bits per heavy atom. The number of urea groups is 1. The zero-order valence-electron chi connectivity index (χ0n) is 14.1. The summed E-state index contributed by atoms with van der Waals surface area (Å²) < 4.78 is 10.7. The number of rotatable bonds is 6. The Bertz CT molecular complexity index is 629. The first-order chi connectivity index (χ1) is 11.4. The maximum Gasteiger partial charge on any atom is 0.339 e. The van der Waals surface area contributed by atoms with Gasteiger partial charge in [0.1, 0.15) is 5.75 Å². The summed E-state index contributed by atoms with van der Waals surface area (Å²) in [6.07, 6.45) is -1.04. The van der Waals surface area contributed by atoms with Crippen LogP contribution in [0.1, 0.15) is 31.1 Å². The second kappa shape index (κ2) is 7.81. The second-order valence-electron chi connectivity index (χ2n) is 6.00. The largest absolute Gasteiger partial charge is 0.493 e. The average molecular weight is 334 g/mol. The summed E-state index contributed by atoms with van der Waals surface area (Å²) in [6, 6.07) is 6.14. The smallest absolute Gasteiger partial charge is 0.339 e. The van der Waals surface area contributed by atoms with Crippen molar-refractivity contribution in [3.05, 3.63) is 29.8 Å². The van der Waals surface area contributed by atoms with E-state index in [1.165, 1.54) is 6.92 Å². The van der Waals surface area contributed by atoms with Crippen LogP contribution in [0, 0.1) is 5.92 Å². The van der Waals surface area contributed by atoms with Crippen LogP contribution in [0.2, 0.25) is 0 Å². The number of hydrogen-bond donors (Lipinski definition) is 1. The van der Waals surface area contributed by atoms with Crippen molar-refractivity contribution >= 4 is 17.9 Å². The molecule has 3 amide bonds. The molecule has 0 spiro atoms. The fraction of sp³-hybridized carbons (Fsp3) is 0.471. The Labute approximate surface area is 140 Å². The Morgan fingerprint density at radius 3 is 2.67 bits per heavy atom. The van der Waals surface area contributed by atoms with Crippen molar-refractivity contribution in [1.29, 1.82) is 0 Å². The molecule has 1 heterocycles. The monoisotopic (exact) mass is 334 g/mol. The van der Waals surface area contributed by atoms with Crippen LogP contribution in [-0.4, -0.2) is 48.6 Å². The minimum atomic E-state index is -1.04. The Balaban J connectivity index is 1.97. The maximum atomic E-state index is 12.2. The molecule has 1 aromatic carbocycles. The van der Waals surface area contributed by atoms with Gasteiger partial charge in [0.25, 0.3) is 5.91 Å². The van der Waals surface area contributed by atoms with E-state index < -0.39 is 24.0 Å². The third-order valence-corrected chi connectivity index (χ3v) is 3.41. The van der Waals surface area contributed by atoms with Crippen LogP contribution in [0.25, 0.3) is 0 Å². The molecule has 1 aliphatic heterocycles. The fourth-order valence-corrected chi connectivity index (χ4v) is 2.16. The highest BCUT2D eigenvalue weighted by atomic mass is 16.5. The Kier molecular flexibility index (Phi) is 5.78. The molecule has 24 heavy (non-hydrogen) atoms. The summed E-state index contributed by atoms with van der Waals surface area (Å²) in [5.74, 6) is -0.239. The quantitative estimate of drug-likeness (QED) is 0.802. The zero-order valence-corrected chi connectivity index (χ0v) is 14.1. The van der Waals surface area contributed by atoms with Gasteiger partial charge in [-0.1, -0.05) is 19.9 Å². The molecule has 0 radical (unpaired) electrons. The van der Waals surface area contributed by atoms with Gasteiger partial charge in [-0.25, -0.2) is 9.59 Å². The third-order valence-electron chi connectivity index (χ3n) is 3.41. The van der Waals surface area contributed by atoms with E-state index >= 15 is 0 Å². The van der Waals surface area contributed by atoms with Gasteiger partial charge in [-0.3, -0.25) is 9.69 Å². The van der Waals surface area contributed by atoms with Gasteiger partial charge in [-0.05, 0) is 31.0 Å². The van der Waals surface area contributed by atoms with Gasteiger partial charge < -0.3 is 14.8 Å². The summed E-state index contributed by atoms with van der Waals surface area (Å²) >= 11 is 0. The summed E-state index contributed by atoms with van der Waals surface area (Å²) in [6.45, 7) is 6.72. The highest BCUT2D eigenvalue weighted by molar-refractivity contribution is 5.99. The summed E-state index contributed by atoms with van der Waals surface area (Å²) in [7, 11) is 0. The second-order valence-corrected chi connectivity index (χ2v) is 6.00. The molecular formula is C17H22N2O5. The molecular weight excluding hydrogens is 312 g/mol. The standard InChI is InChI=1S/C17H22N2O5/c1-11(2)10-23-14-6-4-5-13(9-14)16(21)24-12(3)15(20)19-8-7-18-17(19)22/h4-6,9,11-12H,7-8,10H2,1-3H3,(H,18,22)/t12-/m0/s1. The first kappa shape index (κ1) is 17.8. The fourth-order valence-electron chi connectivity index (χ4n) is 2.16. The zero-order chi connectivity index (χ0) is 17.7. The summed E-state index contributed by atoms with van der Waals surface area (Å²) in [5, 5.41) is 2.53. The van der Waals surface area contributed by atoms with E-state index in [4.69, 9.17) is 9.47 Å². The number of imide groups is 1. The van der Waals surface area contributed by atoms with Gasteiger partial charge in [0.2, 0.25) is 0 Å². The number of nitrogens with one attached hydrogen (secondary N) is 1. The van der Waals surface area contributed by atoms with Crippen molar-refractivity contribution in [1.82, 2.24) is 10.2 Å². The predicted octanol–water partition coefficient (Wildman–Crippen LogP) is 1.82. The molecule has 130 valence electrons.